The molecule has 5 rings (SSSR count). The van der Waals surface area contributed by atoms with Gasteiger partial charge in [-0.2, -0.15) is 0 Å². The van der Waals surface area contributed by atoms with Crippen LogP contribution in [0.3, 0.4) is 0 Å². The van der Waals surface area contributed by atoms with E-state index in [2.05, 4.69) is 20.2 Å². The molecule has 3 heterocycles. The van der Waals surface area contributed by atoms with E-state index in [1.807, 2.05) is 13.1 Å². The molecular weight excluding hydrogens is 552 g/mol. The van der Waals surface area contributed by atoms with Crippen LogP contribution in [0.25, 0.3) is 10.9 Å². The normalized spacial score (nSPS) is 23.1. The van der Waals surface area contributed by atoms with Crippen LogP contribution < -0.4 is 11.1 Å². The van der Waals surface area contributed by atoms with Crippen molar-refractivity contribution in [3.63, 3.8) is 0 Å². The number of carbonyl (C=O) groups is 3. The van der Waals surface area contributed by atoms with Crippen LogP contribution in [-0.4, -0.2) is 89.8 Å². The summed E-state index contributed by atoms with van der Waals surface area (Å²) in [7, 11) is 5.36. The van der Waals surface area contributed by atoms with E-state index >= 15 is 0 Å². The minimum Gasteiger partial charge on any atom is -0.383 e. The molecule has 2 amide bonds. The van der Waals surface area contributed by atoms with E-state index in [1.165, 1.54) is 11.3 Å². The zero-order chi connectivity index (χ0) is 28.6. The van der Waals surface area contributed by atoms with Crippen molar-refractivity contribution < 1.29 is 19.1 Å². The lowest BCUT2D eigenvalue weighted by molar-refractivity contribution is -0.136. The van der Waals surface area contributed by atoms with Crippen molar-refractivity contribution in [3.8, 4) is 0 Å². The Morgan fingerprint density at radius 1 is 1.35 bits per heavy atom. The van der Waals surface area contributed by atoms with Gasteiger partial charge < -0.3 is 30.6 Å². The highest BCUT2D eigenvalue weighted by Crippen LogP contribution is 2.35. The molecule has 0 spiro atoms. The van der Waals surface area contributed by atoms with Gasteiger partial charge in [0.25, 0.3) is 5.91 Å². The number of carbonyl (C=O) groups excluding carboxylic acids is 3. The molecule has 10 nitrogen and oxygen atoms in total. The van der Waals surface area contributed by atoms with Gasteiger partial charge in [-0.05, 0) is 50.6 Å². The van der Waals surface area contributed by atoms with Crippen molar-refractivity contribution >= 4 is 51.4 Å². The first-order valence-corrected chi connectivity index (χ1v) is 14.6. The molecule has 1 aliphatic carbocycles. The Balaban J connectivity index is 1.42. The quantitative estimate of drug-likeness (QED) is 0.346. The standard InChI is InChI=1S/C28H35ClN6O4S/c1-34-9-7-20-22(15-34)40-26(32-20)25(37)33-23-14-16(27(38)35(2)10-11-39-3)6-8-28(23,30)24(36)21-13-17-12-18(29)4-5-19(17)31-21/h4-5,12-13,16,23,31H,6-11,14-15,30H2,1-3H3,(H,33,37). The second-order valence-corrected chi connectivity index (χ2v) is 12.4. The summed E-state index contributed by atoms with van der Waals surface area (Å²) in [5.74, 6) is -1.14. The lowest BCUT2D eigenvalue weighted by Gasteiger charge is -2.43. The first-order chi connectivity index (χ1) is 19.1. The third-order valence-corrected chi connectivity index (χ3v) is 9.39. The number of amides is 2. The highest BCUT2D eigenvalue weighted by Gasteiger charge is 2.49. The first kappa shape index (κ1) is 28.7. The summed E-state index contributed by atoms with van der Waals surface area (Å²) in [6.45, 7) is 2.50. The fourth-order valence-corrected chi connectivity index (χ4v) is 6.92. The van der Waals surface area contributed by atoms with Crippen LogP contribution in [0.2, 0.25) is 5.02 Å². The number of halogens is 1. The number of thiazole rings is 1. The van der Waals surface area contributed by atoms with Gasteiger partial charge in [-0.25, -0.2) is 4.98 Å². The molecule has 1 saturated carbocycles. The topological polar surface area (TPSA) is 134 Å². The van der Waals surface area contributed by atoms with Crippen LogP contribution in [0.5, 0.6) is 0 Å². The number of ether oxygens (including phenoxy) is 1. The zero-order valence-electron chi connectivity index (χ0n) is 23.0. The number of Topliss-reactive ketones (excluding diaryl/α,β-unsaturated/α-hetero) is 1. The van der Waals surface area contributed by atoms with E-state index in [4.69, 9.17) is 22.1 Å². The van der Waals surface area contributed by atoms with Crippen molar-refractivity contribution in [1.29, 1.82) is 0 Å². The summed E-state index contributed by atoms with van der Waals surface area (Å²) in [6.07, 6.45) is 1.69. The molecule has 12 heteroatoms. The molecule has 1 fully saturated rings. The van der Waals surface area contributed by atoms with Gasteiger partial charge in [0, 0.05) is 66.9 Å². The molecule has 2 aliphatic rings. The molecule has 3 aromatic rings. The summed E-state index contributed by atoms with van der Waals surface area (Å²) in [5, 5.41) is 4.73. The summed E-state index contributed by atoms with van der Waals surface area (Å²) in [6, 6.07) is 6.30. The van der Waals surface area contributed by atoms with E-state index in [9.17, 15) is 14.4 Å². The number of hydrogen-bond donors (Lipinski definition) is 3. The number of methoxy groups -OCH3 is 1. The Hall–Kier alpha value is -2.83. The minimum atomic E-state index is -1.42. The number of likely N-dealkylation sites (N-methyl/N-ethyl adjacent to an activating group) is 2. The van der Waals surface area contributed by atoms with Gasteiger partial charge in [-0.15, -0.1) is 11.3 Å². The molecule has 1 aliphatic heterocycles. The molecule has 0 bridgehead atoms. The zero-order valence-corrected chi connectivity index (χ0v) is 24.5. The van der Waals surface area contributed by atoms with E-state index in [1.54, 1.807) is 37.3 Å². The molecule has 3 unspecified atom stereocenters. The summed E-state index contributed by atoms with van der Waals surface area (Å²) >= 11 is 7.52. The lowest BCUT2D eigenvalue weighted by Crippen LogP contribution is -2.66. The van der Waals surface area contributed by atoms with Crippen molar-refractivity contribution in [2.24, 2.45) is 11.7 Å². The number of nitrogens with two attached hydrogens (primary N) is 1. The second kappa shape index (κ2) is 11.6. The SMILES string of the molecule is COCCN(C)C(=O)C1CCC(N)(C(=O)c2cc3cc(Cl)ccc3[nH]2)C(NC(=O)c2nc3c(s2)CN(C)CC3)C1. The number of ketones is 1. The van der Waals surface area contributed by atoms with Crippen molar-refractivity contribution in [3.05, 3.63) is 50.6 Å². The summed E-state index contributed by atoms with van der Waals surface area (Å²) in [5.41, 5.74) is 7.54. The summed E-state index contributed by atoms with van der Waals surface area (Å²) < 4.78 is 5.12. The average Bonchev–Trinajstić information content (AvgIpc) is 3.55. The molecule has 0 saturated heterocycles. The van der Waals surface area contributed by atoms with E-state index < -0.39 is 17.5 Å². The average molecular weight is 587 g/mol. The summed E-state index contributed by atoms with van der Waals surface area (Å²) in [4.78, 5) is 53.4. The van der Waals surface area contributed by atoms with E-state index in [0.29, 0.717) is 35.3 Å². The molecule has 2 aromatic heterocycles. The van der Waals surface area contributed by atoms with Gasteiger partial charge in [0.05, 0.1) is 24.0 Å². The highest BCUT2D eigenvalue weighted by molar-refractivity contribution is 7.13. The molecular formula is C28H35ClN6O4S. The van der Waals surface area contributed by atoms with Crippen LogP contribution in [-0.2, 0) is 22.5 Å². The van der Waals surface area contributed by atoms with Crippen LogP contribution >= 0.6 is 22.9 Å². The molecule has 40 heavy (non-hydrogen) atoms. The number of fused-ring (bicyclic) bond motifs is 2. The highest BCUT2D eigenvalue weighted by atomic mass is 35.5. The van der Waals surface area contributed by atoms with Crippen LogP contribution in [0.1, 0.15) is 50.1 Å². The molecule has 0 radical (unpaired) electrons. The van der Waals surface area contributed by atoms with Gasteiger partial charge in [0.1, 0.15) is 5.54 Å². The maximum absolute atomic E-state index is 14.0. The first-order valence-electron chi connectivity index (χ1n) is 13.4. The smallest absolute Gasteiger partial charge is 0.280 e. The molecule has 214 valence electrons. The number of nitrogens with one attached hydrogen (secondary N) is 2. The maximum atomic E-state index is 14.0. The Kier molecular flexibility index (Phi) is 8.30. The molecule has 4 N–H and O–H groups in total. The third kappa shape index (κ3) is 5.66. The second-order valence-electron chi connectivity index (χ2n) is 10.9. The number of aromatic amines is 1. The van der Waals surface area contributed by atoms with Gasteiger partial charge >= 0.3 is 0 Å². The fourth-order valence-electron chi connectivity index (χ4n) is 5.65. The van der Waals surface area contributed by atoms with Crippen molar-refractivity contribution in [2.75, 3.05) is 40.9 Å². The number of benzene rings is 1. The third-order valence-electron chi connectivity index (χ3n) is 8.08. The number of rotatable bonds is 8. The minimum absolute atomic E-state index is 0.0567. The number of hydrogen-bond acceptors (Lipinski definition) is 8. The predicted molar refractivity (Wildman–Crippen MR) is 155 cm³/mol. The van der Waals surface area contributed by atoms with Gasteiger partial charge in [-0.3, -0.25) is 14.4 Å². The monoisotopic (exact) mass is 586 g/mol. The van der Waals surface area contributed by atoms with Gasteiger partial charge in [-0.1, -0.05) is 11.6 Å². The number of nitrogens with zero attached hydrogens (tertiary/aromatic N) is 3. The van der Waals surface area contributed by atoms with Gasteiger partial charge in [0.15, 0.2) is 5.01 Å². The van der Waals surface area contributed by atoms with Crippen molar-refractivity contribution in [2.45, 2.75) is 43.8 Å². The lowest BCUT2D eigenvalue weighted by atomic mass is 9.70. The van der Waals surface area contributed by atoms with Crippen LogP contribution in [0.4, 0.5) is 0 Å². The fraction of sp³-hybridized carbons (Fsp3) is 0.500. The number of aromatic nitrogens is 2. The number of H-pyrrole nitrogens is 1. The van der Waals surface area contributed by atoms with Crippen molar-refractivity contribution in [1.82, 2.24) is 25.1 Å². The van der Waals surface area contributed by atoms with Crippen LogP contribution in [0.15, 0.2) is 24.3 Å². The predicted octanol–water partition coefficient (Wildman–Crippen LogP) is 2.85. The molecule has 3 atom stereocenters. The van der Waals surface area contributed by atoms with E-state index in [-0.39, 0.29) is 30.4 Å². The Morgan fingerprint density at radius 3 is 2.92 bits per heavy atom. The van der Waals surface area contributed by atoms with Gasteiger partial charge in [0.2, 0.25) is 11.7 Å². The largest absolute Gasteiger partial charge is 0.383 e. The Labute approximate surface area is 242 Å². The Morgan fingerprint density at radius 2 is 2.15 bits per heavy atom. The molecule has 1 aromatic carbocycles. The Bertz CT molecular complexity index is 1440. The maximum Gasteiger partial charge on any atom is 0.280 e. The van der Waals surface area contributed by atoms with E-state index in [0.717, 1.165) is 41.0 Å². The van der Waals surface area contributed by atoms with Crippen LogP contribution in [0, 0.1) is 5.92 Å².